The molecule has 0 spiro atoms. The Labute approximate surface area is 109 Å². The van der Waals surface area contributed by atoms with Crippen molar-refractivity contribution in [2.75, 3.05) is 25.6 Å². The summed E-state index contributed by atoms with van der Waals surface area (Å²) in [6.45, 7) is 4.04. The number of amides is 1. The number of carbonyl (C=O) groups is 1. The molecule has 0 aromatic heterocycles. The molecular weight excluding hydrogens is 228 g/mol. The molecule has 1 rings (SSSR count). The maximum Gasteiger partial charge on any atom is 0.226 e. The second-order valence-electron chi connectivity index (χ2n) is 4.14. The Kier molecular flexibility index (Phi) is 7.06. The molecule has 0 aliphatic rings. The molecule has 0 saturated carbocycles. The number of benzene rings is 1. The molecule has 100 valence electrons. The number of hydrogen-bond acceptors (Lipinski definition) is 3. The topological polar surface area (TPSA) is 50.4 Å². The lowest BCUT2D eigenvalue weighted by Gasteiger charge is -2.07. The van der Waals surface area contributed by atoms with E-state index in [9.17, 15) is 4.79 Å². The van der Waals surface area contributed by atoms with E-state index in [1.54, 1.807) is 0 Å². The van der Waals surface area contributed by atoms with Gasteiger partial charge in [0, 0.05) is 18.8 Å². The largest absolute Gasteiger partial charge is 0.381 e. The van der Waals surface area contributed by atoms with Crippen LogP contribution in [0.25, 0.3) is 0 Å². The predicted molar refractivity (Wildman–Crippen MR) is 73.6 cm³/mol. The van der Waals surface area contributed by atoms with Gasteiger partial charge in [0.1, 0.15) is 0 Å². The number of hydrogen-bond donors (Lipinski definition) is 2. The average Bonchev–Trinajstić information content (AvgIpc) is 2.35. The van der Waals surface area contributed by atoms with E-state index < -0.39 is 0 Å². The van der Waals surface area contributed by atoms with Crippen LogP contribution in [-0.2, 0) is 16.1 Å². The van der Waals surface area contributed by atoms with Gasteiger partial charge in [0.2, 0.25) is 5.91 Å². The first-order chi connectivity index (χ1) is 8.76. The number of carbonyl (C=O) groups excluding carboxylic acids is 1. The molecule has 0 atom stereocenters. The van der Waals surface area contributed by atoms with E-state index >= 15 is 0 Å². The average molecular weight is 250 g/mol. The minimum atomic E-state index is -0.00675. The predicted octanol–water partition coefficient (Wildman–Crippen LogP) is 2.16. The first-order valence-corrected chi connectivity index (χ1v) is 6.37. The maximum absolute atomic E-state index is 11.6. The lowest BCUT2D eigenvalue weighted by molar-refractivity contribution is -0.117. The molecule has 1 aromatic rings. The van der Waals surface area contributed by atoms with Crippen molar-refractivity contribution in [1.29, 1.82) is 0 Å². The van der Waals surface area contributed by atoms with Gasteiger partial charge in [0.15, 0.2) is 0 Å². The number of rotatable bonds is 8. The summed E-state index contributed by atoms with van der Waals surface area (Å²) in [6.07, 6.45) is 1.38. The smallest absolute Gasteiger partial charge is 0.226 e. The van der Waals surface area contributed by atoms with Crippen molar-refractivity contribution >= 4 is 11.6 Å². The van der Waals surface area contributed by atoms with Crippen LogP contribution in [0.3, 0.4) is 0 Å². The van der Waals surface area contributed by atoms with Crippen LogP contribution in [0.5, 0.6) is 0 Å². The lowest BCUT2D eigenvalue weighted by Crippen LogP contribution is -2.14. The van der Waals surface area contributed by atoms with Gasteiger partial charge in [0.05, 0.1) is 13.0 Å². The van der Waals surface area contributed by atoms with E-state index in [-0.39, 0.29) is 5.91 Å². The molecule has 4 heteroatoms. The molecule has 0 unspecified atom stereocenters. The highest BCUT2D eigenvalue weighted by Crippen LogP contribution is 2.10. The van der Waals surface area contributed by atoms with Gasteiger partial charge in [-0.2, -0.15) is 0 Å². The van der Waals surface area contributed by atoms with Gasteiger partial charge in [0.25, 0.3) is 0 Å². The zero-order valence-corrected chi connectivity index (χ0v) is 11.2. The summed E-state index contributed by atoms with van der Waals surface area (Å²) in [5, 5.41) is 5.95. The van der Waals surface area contributed by atoms with Gasteiger partial charge in [-0.05, 0) is 31.2 Å². The Hall–Kier alpha value is -1.39. The van der Waals surface area contributed by atoms with Crippen molar-refractivity contribution in [1.82, 2.24) is 5.32 Å². The van der Waals surface area contributed by atoms with Gasteiger partial charge in [-0.25, -0.2) is 0 Å². The fraction of sp³-hybridized carbons (Fsp3) is 0.500. The highest BCUT2D eigenvalue weighted by molar-refractivity contribution is 5.90. The second kappa shape index (κ2) is 8.66. The molecule has 0 fully saturated rings. The van der Waals surface area contributed by atoms with E-state index in [2.05, 4.69) is 10.6 Å². The molecule has 0 saturated heterocycles. The molecule has 18 heavy (non-hydrogen) atoms. The standard InChI is InChI=1S/C14H22N2O2/c1-3-8-18-9-7-14(17)16-13-6-4-5-12(10-13)11-15-2/h4-6,10,15H,3,7-9,11H2,1-2H3,(H,16,17). The van der Waals surface area contributed by atoms with Crippen LogP contribution in [0.1, 0.15) is 25.3 Å². The van der Waals surface area contributed by atoms with Crippen molar-refractivity contribution in [3.63, 3.8) is 0 Å². The molecule has 0 heterocycles. The molecule has 0 radical (unpaired) electrons. The second-order valence-corrected chi connectivity index (χ2v) is 4.14. The van der Waals surface area contributed by atoms with Crippen molar-refractivity contribution < 1.29 is 9.53 Å². The van der Waals surface area contributed by atoms with Crippen molar-refractivity contribution in [2.24, 2.45) is 0 Å². The van der Waals surface area contributed by atoms with Gasteiger partial charge >= 0.3 is 0 Å². The highest BCUT2D eigenvalue weighted by atomic mass is 16.5. The van der Waals surface area contributed by atoms with Gasteiger partial charge in [-0.15, -0.1) is 0 Å². The Balaban J connectivity index is 2.36. The molecular formula is C14H22N2O2. The zero-order chi connectivity index (χ0) is 13.2. The summed E-state index contributed by atoms with van der Waals surface area (Å²) < 4.78 is 5.28. The molecule has 1 aromatic carbocycles. The summed E-state index contributed by atoms with van der Waals surface area (Å²) in [6, 6.07) is 7.83. The summed E-state index contributed by atoms with van der Waals surface area (Å²) in [5.74, 6) is -0.00675. The van der Waals surface area contributed by atoms with Gasteiger partial charge < -0.3 is 15.4 Å². The molecule has 0 aliphatic carbocycles. The minimum Gasteiger partial charge on any atom is -0.381 e. The van der Waals surface area contributed by atoms with Crippen LogP contribution in [-0.4, -0.2) is 26.2 Å². The summed E-state index contributed by atoms with van der Waals surface area (Å²) >= 11 is 0. The maximum atomic E-state index is 11.6. The third kappa shape index (κ3) is 5.80. The van der Waals surface area contributed by atoms with E-state index in [1.807, 2.05) is 38.2 Å². The normalized spacial score (nSPS) is 10.3. The number of nitrogens with one attached hydrogen (secondary N) is 2. The fourth-order valence-corrected chi connectivity index (χ4v) is 1.60. The van der Waals surface area contributed by atoms with Gasteiger partial charge in [-0.3, -0.25) is 4.79 Å². The van der Waals surface area contributed by atoms with Crippen LogP contribution in [0.15, 0.2) is 24.3 Å². The third-order valence-corrected chi connectivity index (χ3v) is 2.41. The zero-order valence-electron chi connectivity index (χ0n) is 11.2. The number of anilines is 1. The molecule has 1 amide bonds. The minimum absolute atomic E-state index is 0.00675. The van der Waals surface area contributed by atoms with Crippen LogP contribution in [0.4, 0.5) is 5.69 Å². The highest BCUT2D eigenvalue weighted by Gasteiger charge is 2.02. The van der Waals surface area contributed by atoms with E-state index in [1.165, 1.54) is 0 Å². The van der Waals surface area contributed by atoms with Crippen LogP contribution < -0.4 is 10.6 Å². The SMILES string of the molecule is CCCOCCC(=O)Nc1cccc(CNC)c1. The summed E-state index contributed by atoms with van der Waals surface area (Å²) in [5.41, 5.74) is 1.99. The lowest BCUT2D eigenvalue weighted by atomic mass is 10.2. The quantitative estimate of drug-likeness (QED) is 0.695. The Bertz CT molecular complexity index is 367. The van der Waals surface area contributed by atoms with Gasteiger partial charge in [-0.1, -0.05) is 19.1 Å². The van der Waals surface area contributed by atoms with Crippen LogP contribution >= 0.6 is 0 Å². The monoisotopic (exact) mass is 250 g/mol. The van der Waals surface area contributed by atoms with E-state index in [0.717, 1.165) is 24.2 Å². The number of ether oxygens (including phenoxy) is 1. The molecule has 2 N–H and O–H groups in total. The Morgan fingerprint density at radius 2 is 2.17 bits per heavy atom. The summed E-state index contributed by atoms with van der Waals surface area (Å²) in [4.78, 5) is 11.6. The van der Waals surface area contributed by atoms with Crippen LogP contribution in [0.2, 0.25) is 0 Å². The molecule has 0 bridgehead atoms. The fourth-order valence-electron chi connectivity index (χ4n) is 1.60. The Morgan fingerprint density at radius 3 is 2.89 bits per heavy atom. The third-order valence-electron chi connectivity index (χ3n) is 2.41. The first kappa shape index (κ1) is 14.7. The molecule has 4 nitrogen and oxygen atoms in total. The van der Waals surface area contributed by atoms with Crippen LogP contribution in [0, 0.1) is 0 Å². The Morgan fingerprint density at radius 1 is 1.33 bits per heavy atom. The van der Waals surface area contributed by atoms with E-state index in [0.29, 0.717) is 19.6 Å². The van der Waals surface area contributed by atoms with Crippen molar-refractivity contribution in [3.8, 4) is 0 Å². The summed E-state index contributed by atoms with van der Waals surface area (Å²) in [7, 11) is 1.90. The van der Waals surface area contributed by atoms with Crippen molar-refractivity contribution in [2.45, 2.75) is 26.3 Å². The first-order valence-electron chi connectivity index (χ1n) is 6.37. The van der Waals surface area contributed by atoms with Crippen molar-refractivity contribution in [3.05, 3.63) is 29.8 Å². The molecule has 0 aliphatic heterocycles. The van der Waals surface area contributed by atoms with E-state index in [4.69, 9.17) is 4.74 Å².